The normalized spacial score (nSPS) is 15.4. The standard InChI is InChI=1S/C21H22ClN5OS/c22-17-3-1-15(2-4-17)11-19(23)21(28)27-8-6-26(7-9-27)20-18(12-24-14-25-20)16-5-10-29-13-16/h1-5,10,12-14,19H,6-9,11,23H2. The molecule has 29 heavy (non-hydrogen) atoms. The van der Waals surface area contributed by atoms with E-state index in [2.05, 4.69) is 26.3 Å². The number of piperazine rings is 1. The molecule has 6 nitrogen and oxygen atoms in total. The van der Waals surface area contributed by atoms with Crippen LogP contribution in [0.15, 0.2) is 53.6 Å². The SMILES string of the molecule is NC(Cc1ccc(Cl)cc1)C(=O)N1CCN(c2ncncc2-c2ccsc2)CC1. The van der Waals surface area contributed by atoms with E-state index in [0.717, 1.165) is 22.5 Å². The highest BCUT2D eigenvalue weighted by Gasteiger charge is 2.27. The van der Waals surface area contributed by atoms with Crippen LogP contribution >= 0.6 is 22.9 Å². The van der Waals surface area contributed by atoms with Gasteiger partial charge in [-0.3, -0.25) is 4.79 Å². The number of hydrogen-bond donors (Lipinski definition) is 1. The molecule has 150 valence electrons. The lowest BCUT2D eigenvalue weighted by atomic mass is 10.1. The molecular weight excluding hydrogens is 406 g/mol. The Morgan fingerprint density at radius 3 is 2.62 bits per heavy atom. The Morgan fingerprint density at radius 2 is 1.93 bits per heavy atom. The molecule has 1 unspecified atom stereocenters. The van der Waals surface area contributed by atoms with Crippen molar-refractivity contribution in [2.24, 2.45) is 5.73 Å². The minimum absolute atomic E-state index is 0.0136. The maximum atomic E-state index is 12.8. The third-order valence-corrected chi connectivity index (χ3v) is 6.04. The lowest BCUT2D eigenvalue weighted by Crippen LogP contribution is -2.54. The minimum atomic E-state index is -0.553. The van der Waals surface area contributed by atoms with Crippen LogP contribution in [0.3, 0.4) is 0 Å². The summed E-state index contributed by atoms with van der Waals surface area (Å²) in [7, 11) is 0. The van der Waals surface area contributed by atoms with Gasteiger partial charge >= 0.3 is 0 Å². The number of halogens is 1. The average molecular weight is 428 g/mol. The van der Waals surface area contributed by atoms with Gasteiger partial charge in [-0.25, -0.2) is 9.97 Å². The molecule has 1 aromatic carbocycles. The Balaban J connectivity index is 1.38. The minimum Gasteiger partial charge on any atom is -0.352 e. The maximum Gasteiger partial charge on any atom is 0.239 e. The number of carbonyl (C=O) groups excluding carboxylic acids is 1. The lowest BCUT2D eigenvalue weighted by Gasteiger charge is -2.37. The van der Waals surface area contributed by atoms with E-state index in [4.69, 9.17) is 17.3 Å². The van der Waals surface area contributed by atoms with E-state index in [0.29, 0.717) is 37.6 Å². The van der Waals surface area contributed by atoms with E-state index >= 15 is 0 Å². The molecule has 0 bridgehead atoms. The molecular formula is C21H22ClN5OS. The number of thiophene rings is 1. The van der Waals surface area contributed by atoms with Gasteiger partial charge < -0.3 is 15.5 Å². The van der Waals surface area contributed by atoms with Gasteiger partial charge in [0.05, 0.1) is 6.04 Å². The van der Waals surface area contributed by atoms with Gasteiger partial charge in [0.1, 0.15) is 12.1 Å². The molecule has 0 saturated carbocycles. The summed E-state index contributed by atoms with van der Waals surface area (Å²) in [5.74, 6) is 0.899. The first-order chi connectivity index (χ1) is 14.1. The maximum absolute atomic E-state index is 12.8. The number of benzene rings is 1. The molecule has 1 aliphatic rings. The predicted octanol–water partition coefficient (Wildman–Crippen LogP) is 3.08. The molecule has 1 fully saturated rings. The number of nitrogens with two attached hydrogens (primary N) is 1. The van der Waals surface area contributed by atoms with E-state index < -0.39 is 6.04 Å². The Bertz CT molecular complexity index is 955. The van der Waals surface area contributed by atoms with Gasteiger partial charge in [-0.05, 0) is 46.5 Å². The topological polar surface area (TPSA) is 75.4 Å². The third kappa shape index (κ3) is 4.58. The van der Waals surface area contributed by atoms with Gasteiger partial charge in [0.2, 0.25) is 5.91 Å². The van der Waals surface area contributed by atoms with E-state index in [1.54, 1.807) is 17.7 Å². The molecule has 1 saturated heterocycles. The zero-order chi connectivity index (χ0) is 20.2. The number of anilines is 1. The van der Waals surface area contributed by atoms with Crippen LogP contribution in [0.4, 0.5) is 5.82 Å². The van der Waals surface area contributed by atoms with Crippen LogP contribution in [0.5, 0.6) is 0 Å². The summed E-state index contributed by atoms with van der Waals surface area (Å²) in [5, 5.41) is 4.82. The van der Waals surface area contributed by atoms with Gasteiger partial charge in [-0.1, -0.05) is 23.7 Å². The van der Waals surface area contributed by atoms with Crippen molar-refractivity contribution >= 4 is 34.7 Å². The van der Waals surface area contributed by atoms with Crippen molar-refractivity contribution < 1.29 is 4.79 Å². The number of hydrogen-bond acceptors (Lipinski definition) is 6. The second kappa shape index (κ2) is 8.90. The van der Waals surface area contributed by atoms with Crippen LogP contribution in [-0.4, -0.2) is 53.0 Å². The van der Waals surface area contributed by atoms with Crippen molar-refractivity contribution in [1.29, 1.82) is 0 Å². The molecule has 3 heterocycles. The first-order valence-electron chi connectivity index (χ1n) is 9.48. The van der Waals surface area contributed by atoms with Crippen LogP contribution < -0.4 is 10.6 Å². The zero-order valence-electron chi connectivity index (χ0n) is 15.9. The Labute approximate surface area is 178 Å². The van der Waals surface area contributed by atoms with Crippen LogP contribution in [0.1, 0.15) is 5.56 Å². The molecule has 8 heteroatoms. The van der Waals surface area contributed by atoms with Crippen molar-refractivity contribution in [3.05, 3.63) is 64.2 Å². The summed E-state index contributed by atoms with van der Waals surface area (Å²) in [6, 6.07) is 8.98. The van der Waals surface area contributed by atoms with Crippen LogP contribution in [-0.2, 0) is 11.2 Å². The van der Waals surface area contributed by atoms with Crippen LogP contribution in [0.25, 0.3) is 11.1 Å². The summed E-state index contributed by atoms with van der Waals surface area (Å²) in [4.78, 5) is 25.6. The molecule has 1 aliphatic heterocycles. The van der Waals surface area contributed by atoms with Gasteiger partial charge in [0, 0.05) is 43.0 Å². The van der Waals surface area contributed by atoms with E-state index in [1.165, 1.54) is 0 Å². The van der Waals surface area contributed by atoms with E-state index in [1.807, 2.05) is 40.7 Å². The summed E-state index contributed by atoms with van der Waals surface area (Å²) in [6.45, 7) is 2.68. The monoisotopic (exact) mass is 427 g/mol. The Morgan fingerprint density at radius 1 is 1.17 bits per heavy atom. The van der Waals surface area contributed by atoms with Crippen molar-refractivity contribution in [1.82, 2.24) is 14.9 Å². The fourth-order valence-electron chi connectivity index (χ4n) is 3.53. The molecule has 2 aromatic heterocycles. The highest BCUT2D eigenvalue weighted by Crippen LogP contribution is 2.30. The van der Waals surface area contributed by atoms with Crippen molar-refractivity contribution in [2.45, 2.75) is 12.5 Å². The van der Waals surface area contributed by atoms with Gasteiger partial charge in [-0.2, -0.15) is 11.3 Å². The zero-order valence-corrected chi connectivity index (χ0v) is 17.4. The Kier molecular flexibility index (Phi) is 6.08. The molecule has 1 atom stereocenters. The molecule has 0 radical (unpaired) electrons. The fourth-order valence-corrected chi connectivity index (χ4v) is 4.31. The van der Waals surface area contributed by atoms with Crippen LogP contribution in [0, 0.1) is 0 Å². The fraction of sp³-hybridized carbons (Fsp3) is 0.286. The Hall–Kier alpha value is -2.48. The number of amides is 1. The lowest BCUT2D eigenvalue weighted by molar-refractivity contribution is -0.132. The predicted molar refractivity (Wildman–Crippen MR) is 117 cm³/mol. The van der Waals surface area contributed by atoms with Gasteiger partial charge in [0.15, 0.2) is 0 Å². The molecule has 2 N–H and O–H groups in total. The highest BCUT2D eigenvalue weighted by molar-refractivity contribution is 7.08. The number of aromatic nitrogens is 2. The van der Waals surface area contributed by atoms with E-state index in [-0.39, 0.29) is 5.91 Å². The average Bonchev–Trinajstić information content (AvgIpc) is 3.30. The first-order valence-corrected chi connectivity index (χ1v) is 10.8. The molecule has 0 spiro atoms. The smallest absolute Gasteiger partial charge is 0.239 e. The summed E-state index contributed by atoms with van der Waals surface area (Å²) in [6.07, 6.45) is 3.93. The number of rotatable bonds is 5. The molecule has 0 aliphatic carbocycles. The number of carbonyl (C=O) groups is 1. The quantitative estimate of drug-likeness (QED) is 0.677. The summed E-state index contributed by atoms with van der Waals surface area (Å²) in [5.41, 5.74) is 9.35. The second-order valence-electron chi connectivity index (χ2n) is 7.02. The van der Waals surface area contributed by atoms with Crippen molar-refractivity contribution in [2.75, 3.05) is 31.1 Å². The van der Waals surface area contributed by atoms with Crippen molar-refractivity contribution in [3.63, 3.8) is 0 Å². The molecule has 3 aromatic rings. The van der Waals surface area contributed by atoms with E-state index in [9.17, 15) is 4.79 Å². The third-order valence-electron chi connectivity index (χ3n) is 5.10. The summed E-state index contributed by atoms with van der Waals surface area (Å²) >= 11 is 7.57. The van der Waals surface area contributed by atoms with Crippen molar-refractivity contribution in [3.8, 4) is 11.1 Å². The highest BCUT2D eigenvalue weighted by atomic mass is 35.5. The molecule has 1 amide bonds. The summed E-state index contributed by atoms with van der Waals surface area (Å²) < 4.78 is 0. The van der Waals surface area contributed by atoms with Crippen LogP contribution in [0.2, 0.25) is 5.02 Å². The van der Waals surface area contributed by atoms with Gasteiger partial charge in [0.25, 0.3) is 0 Å². The first kappa shape index (κ1) is 19.8. The molecule has 4 rings (SSSR count). The second-order valence-corrected chi connectivity index (χ2v) is 8.24. The largest absolute Gasteiger partial charge is 0.352 e. The number of nitrogens with zero attached hydrogens (tertiary/aromatic N) is 4. The van der Waals surface area contributed by atoms with Gasteiger partial charge in [-0.15, -0.1) is 0 Å².